The van der Waals surface area contributed by atoms with Crippen LogP contribution in [0, 0.1) is 18.8 Å². The molecule has 2 aromatic heterocycles. The van der Waals surface area contributed by atoms with Gasteiger partial charge >= 0.3 is 0 Å². The molecule has 0 unspecified atom stereocenters. The molecule has 0 atom stereocenters. The zero-order chi connectivity index (χ0) is 55.5. The van der Waals surface area contributed by atoms with E-state index in [9.17, 15) is 0 Å². The van der Waals surface area contributed by atoms with E-state index in [0.29, 0.717) is 51.0 Å². The van der Waals surface area contributed by atoms with Crippen LogP contribution < -0.4 is 14.5 Å². The number of fused-ring (bicyclic) bond motifs is 4. The molecule has 3 heterocycles. The van der Waals surface area contributed by atoms with Crippen LogP contribution in [0.5, 0.6) is 11.5 Å². The van der Waals surface area contributed by atoms with E-state index in [4.69, 9.17) is 30.3 Å². The van der Waals surface area contributed by atoms with E-state index in [-0.39, 0.29) is 66.7 Å². The van der Waals surface area contributed by atoms with Crippen LogP contribution in [-0.2, 0) is 26.5 Å². The number of para-hydroxylation sites is 4. The van der Waals surface area contributed by atoms with Crippen molar-refractivity contribution in [2.24, 2.45) is 0 Å². The fourth-order valence-electron chi connectivity index (χ4n) is 8.15. The van der Waals surface area contributed by atoms with Crippen LogP contribution in [0.2, 0.25) is 0 Å². The molecule has 1 aliphatic heterocycles. The first-order valence-corrected chi connectivity index (χ1v) is 20.1. The maximum Gasteiger partial charge on any atom is 0.135 e. The van der Waals surface area contributed by atoms with E-state index in [1.807, 2.05) is 84.8 Å². The third kappa shape index (κ3) is 7.36. The molecule has 5 nitrogen and oxygen atoms in total. The number of ether oxygens (including phenoxy) is 1. The number of benzene rings is 8. The van der Waals surface area contributed by atoms with Crippen molar-refractivity contribution in [3.05, 3.63) is 224 Å². The van der Waals surface area contributed by atoms with Crippen LogP contribution in [0.4, 0.5) is 22.7 Å². The standard InChI is InChI=1S/C58H43N4O.Pt/c1-58(2,3)51-37-56(59-38-50(51)42-23-11-6-12-24-42)62-52-30-14-13-27-48(52)49-34-33-45(36-55(49)62)63-44-26-17-25-43(35-44)60-39-61(54-32-16-15-31-53(54)60)57-46(40-19-7-4-8-20-40)28-18-29-47(57)41-21-9-5-10-22-41;/h4-34,37-39H,1-3H3;/q-3;/i4D,5D,6D,7D,8D,9D,10D,11D,12D,19D,20D,21D,22D,23D,24D;. The number of nitrogens with zero attached hydrogens (tertiary/aromatic N) is 4. The molecule has 0 amide bonds. The van der Waals surface area contributed by atoms with Crippen molar-refractivity contribution in [1.29, 1.82) is 0 Å². The predicted octanol–water partition coefficient (Wildman–Crippen LogP) is 15.3. The number of rotatable bonds is 8. The van der Waals surface area contributed by atoms with Crippen LogP contribution in [-0.4, -0.2) is 9.55 Å². The molecule has 6 heteroatoms. The Morgan fingerprint density at radius 1 is 0.578 bits per heavy atom. The third-order valence-electron chi connectivity index (χ3n) is 10.9. The average Bonchev–Trinajstić information content (AvgIpc) is 4.04. The summed E-state index contributed by atoms with van der Waals surface area (Å²) in [4.78, 5) is 8.41. The summed E-state index contributed by atoms with van der Waals surface area (Å²) in [5.41, 5.74) is 3.86. The van der Waals surface area contributed by atoms with E-state index in [1.165, 1.54) is 0 Å². The number of pyridine rings is 1. The molecule has 0 radical (unpaired) electrons. The van der Waals surface area contributed by atoms with Gasteiger partial charge in [0.15, 0.2) is 0 Å². The number of hydrogen-bond acceptors (Lipinski definition) is 4. The van der Waals surface area contributed by atoms with E-state index < -0.39 is 84.0 Å². The molecule has 0 fully saturated rings. The first-order valence-electron chi connectivity index (χ1n) is 27.6. The van der Waals surface area contributed by atoms with Crippen LogP contribution in [0.15, 0.2) is 200 Å². The van der Waals surface area contributed by atoms with Gasteiger partial charge in [-0.15, -0.1) is 48.1 Å². The number of anilines is 4. The molecule has 8 aromatic carbocycles. The summed E-state index contributed by atoms with van der Waals surface area (Å²) >= 11 is 0. The summed E-state index contributed by atoms with van der Waals surface area (Å²) in [7, 11) is 0. The van der Waals surface area contributed by atoms with Crippen molar-refractivity contribution in [3.63, 3.8) is 0 Å². The first-order chi connectivity index (χ1) is 37.1. The Kier molecular flexibility index (Phi) is 7.12. The zero-order valence-corrected chi connectivity index (χ0v) is 36.8. The SMILES string of the molecule is [2H]c1c([2H])c([2H])c(-c2cnc(-n3c4[c-]c(Oc5[c-]c(N6[CH-]N(c7c(-c8c([2H])c([2H])c([2H])c([2H])c8[2H])cccc7-c7c([2H])c([2H])c([2H])c([2H])c7[2H])c7ccccc76)ccc5)ccc4c4ccccc43)cc2C(C)(C)C)c([2H])c1[2H].[Pt]. The second kappa shape index (κ2) is 16.8. The van der Waals surface area contributed by atoms with Gasteiger partial charge in [-0.1, -0.05) is 165 Å². The molecule has 0 N–H and O–H groups in total. The number of aromatic nitrogens is 2. The van der Waals surface area contributed by atoms with Crippen LogP contribution in [0.25, 0.3) is 61.0 Å². The largest absolute Gasteiger partial charge is 0.509 e. The van der Waals surface area contributed by atoms with Crippen molar-refractivity contribution in [3.8, 4) is 50.7 Å². The fraction of sp³-hybridized carbons (Fsp3) is 0.0690. The summed E-state index contributed by atoms with van der Waals surface area (Å²) in [6, 6.07) is 30.2. The minimum atomic E-state index is -0.590. The Morgan fingerprint density at radius 2 is 1.16 bits per heavy atom. The predicted molar refractivity (Wildman–Crippen MR) is 259 cm³/mol. The normalized spacial score (nSPS) is 15.6. The minimum absolute atomic E-state index is 0. The smallest absolute Gasteiger partial charge is 0.135 e. The summed E-state index contributed by atoms with van der Waals surface area (Å²) in [5, 5.41) is 1.76. The Balaban J connectivity index is 0.00000704. The van der Waals surface area contributed by atoms with Crippen molar-refractivity contribution in [1.82, 2.24) is 9.55 Å². The molecule has 1 aliphatic rings. The first kappa shape index (κ1) is 27.1. The van der Waals surface area contributed by atoms with Crippen molar-refractivity contribution >= 4 is 44.6 Å². The molecule has 0 bridgehead atoms. The topological polar surface area (TPSA) is 33.5 Å². The van der Waals surface area contributed by atoms with Gasteiger partial charge in [-0.2, -0.15) is 12.1 Å². The summed E-state index contributed by atoms with van der Waals surface area (Å²) in [5.74, 6) is 1.13. The van der Waals surface area contributed by atoms with Gasteiger partial charge in [0.25, 0.3) is 0 Å². The van der Waals surface area contributed by atoms with Gasteiger partial charge in [-0.3, -0.25) is 0 Å². The third-order valence-corrected chi connectivity index (χ3v) is 10.9. The summed E-state index contributed by atoms with van der Waals surface area (Å²) in [6.45, 7) is 7.66. The molecule has 0 spiro atoms. The Labute approximate surface area is 410 Å². The van der Waals surface area contributed by atoms with Gasteiger partial charge < -0.3 is 19.1 Å². The van der Waals surface area contributed by atoms with Gasteiger partial charge in [0.2, 0.25) is 0 Å². The monoisotopic (exact) mass is 1020 g/mol. The molecule has 0 saturated heterocycles. The molecular weight excluding hydrogens is 964 g/mol. The second-order valence-corrected chi connectivity index (χ2v) is 15.8. The van der Waals surface area contributed by atoms with E-state index in [1.54, 1.807) is 66.3 Å². The maximum absolute atomic E-state index is 9.03. The van der Waals surface area contributed by atoms with Crippen molar-refractivity contribution in [2.45, 2.75) is 26.2 Å². The quantitative estimate of drug-likeness (QED) is 0.142. The van der Waals surface area contributed by atoms with Gasteiger partial charge in [0.1, 0.15) is 5.82 Å². The molecular formula is C58H43N4OPt-3. The summed E-state index contributed by atoms with van der Waals surface area (Å²) in [6.07, 6.45) is 1.56. The zero-order valence-electron chi connectivity index (χ0n) is 49.5. The average molecular weight is 1020 g/mol. The van der Waals surface area contributed by atoms with Gasteiger partial charge in [0.05, 0.1) is 20.6 Å². The van der Waals surface area contributed by atoms with E-state index in [2.05, 4.69) is 12.1 Å². The van der Waals surface area contributed by atoms with Crippen LogP contribution in [0.1, 0.15) is 46.9 Å². The minimum Gasteiger partial charge on any atom is -0.509 e. The Bertz CT molecular complexity index is 4030. The van der Waals surface area contributed by atoms with Crippen LogP contribution in [0.3, 0.4) is 0 Å². The van der Waals surface area contributed by atoms with Gasteiger partial charge in [-0.25, -0.2) is 4.98 Å². The molecule has 0 saturated carbocycles. The summed E-state index contributed by atoms with van der Waals surface area (Å²) < 4.78 is 138. The van der Waals surface area contributed by atoms with E-state index in [0.717, 1.165) is 16.3 Å². The molecule has 11 rings (SSSR count). The van der Waals surface area contributed by atoms with Crippen molar-refractivity contribution in [2.75, 3.05) is 9.80 Å². The second-order valence-electron chi connectivity index (χ2n) is 15.8. The fourth-order valence-corrected chi connectivity index (χ4v) is 8.15. The van der Waals surface area contributed by atoms with Gasteiger partial charge in [-0.05, 0) is 57.3 Å². The van der Waals surface area contributed by atoms with Crippen LogP contribution >= 0.6 is 0 Å². The molecule has 314 valence electrons. The van der Waals surface area contributed by atoms with E-state index >= 15 is 0 Å². The molecule has 0 aliphatic carbocycles. The number of hydrogen-bond donors (Lipinski definition) is 0. The molecule has 64 heavy (non-hydrogen) atoms. The Hall–Kier alpha value is -7.20. The Morgan fingerprint density at radius 3 is 1.81 bits per heavy atom. The van der Waals surface area contributed by atoms with Gasteiger partial charge in [0, 0.05) is 78.0 Å². The maximum atomic E-state index is 9.03. The van der Waals surface area contributed by atoms with Crippen molar-refractivity contribution < 1.29 is 46.4 Å². The molecule has 10 aromatic rings.